The molecule has 2 N–H and O–H groups in total. The molecule has 3 aliphatic rings. The zero-order valence-electron chi connectivity index (χ0n) is 19.3. The Balaban J connectivity index is 1.45. The second-order valence-corrected chi connectivity index (χ2v) is 11.3. The largest absolute Gasteiger partial charge is 0.409 e. The number of nitrogens with one attached hydrogen (secondary N) is 1. The highest BCUT2D eigenvalue weighted by Gasteiger charge is 2.55. The highest BCUT2D eigenvalue weighted by molar-refractivity contribution is 7.85. The van der Waals surface area contributed by atoms with Crippen LogP contribution in [-0.2, 0) is 21.5 Å². The van der Waals surface area contributed by atoms with E-state index in [2.05, 4.69) is 6.92 Å². The maximum absolute atomic E-state index is 12.3. The second kappa shape index (κ2) is 9.34. The Morgan fingerprint density at radius 1 is 1.19 bits per heavy atom. The third kappa shape index (κ3) is 4.43. The van der Waals surface area contributed by atoms with Gasteiger partial charge in [0.25, 0.3) is 0 Å². The number of rotatable bonds is 8. The summed E-state index contributed by atoms with van der Waals surface area (Å²) in [4.78, 5) is 11.9. The lowest BCUT2D eigenvalue weighted by Crippen LogP contribution is -2.45. The van der Waals surface area contributed by atoms with Crippen LogP contribution in [0, 0.1) is 17.3 Å². The normalized spacial score (nSPS) is 31.3. The van der Waals surface area contributed by atoms with Crippen molar-refractivity contribution in [2.24, 2.45) is 17.3 Å². The van der Waals surface area contributed by atoms with Crippen molar-refractivity contribution in [1.82, 2.24) is 4.72 Å². The summed E-state index contributed by atoms with van der Waals surface area (Å²) in [5.41, 5.74) is 2.54. The van der Waals surface area contributed by atoms with Crippen LogP contribution in [0.15, 0.2) is 18.2 Å². The van der Waals surface area contributed by atoms with Gasteiger partial charge in [-0.05, 0) is 97.8 Å². The van der Waals surface area contributed by atoms with Crippen molar-refractivity contribution >= 4 is 16.2 Å². The van der Waals surface area contributed by atoms with Crippen LogP contribution in [0.2, 0.25) is 0 Å². The molecule has 1 aromatic rings. The standard InChI is InChI=1S/C25H37NO5S/c1-3-5-6-7-24(28)26-32(29,30)31-18-9-11-19-17(16-18)8-10-21-20(19)14-15-25(4-2)22(21)12-13-23(25)27/h9,11,16,20-23,27H,3-8,10,12-15H2,1-2H3,(H,26,28). The van der Waals surface area contributed by atoms with Gasteiger partial charge in [0.15, 0.2) is 0 Å². The van der Waals surface area contributed by atoms with E-state index in [1.54, 1.807) is 6.07 Å². The Bertz CT molecular complexity index is 946. The van der Waals surface area contributed by atoms with Crippen LogP contribution in [0.4, 0.5) is 0 Å². The fraction of sp³-hybridized carbons (Fsp3) is 0.720. The van der Waals surface area contributed by atoms with Gasteiger partial charge in [-0.3, -0.25) is 4.79 Å². The zero-order valence-corrected chi connectivity index (χ0v) is 20.1. The summed E-state index contributed by atoms with van der Waals surface area (Å²) in [6, 6.07) is 5.56. The molecule has 0 bridgehead atoms. The first-order valence-electron chi connectivity index (χ1n) is 12.4. The number of benzene rings is 1. The van der Waals surface area contributed by atoms with E-state index in [0.717, 1.165) is 63.4 Å². The lowest BCUT2D eigenvalue weighted by Gasteiger charge is -2.51. The minimum atomic E-state index is -4.18. The van der Waals surface area contributed by atoms with Gasteiger partial charge in [-0.15, -0.1) is 0 Å². The predicted octanol–water partition coefficient (Wildman–Crippen LogP) is 4.61. The third-order valence-corrected chi connectivity index (χ3v) is 9.37. The van der Waals surface area contributed by atoms with Crippen molar-refractivity contribution < 1.29 is 22.5 Å². The van der Waals surface area contributed by atoms with Crippen LogP contribution in [0.1, 0.15) is 95.1 Å². The summed E-state index contributed by atoms with van der Waals surface area (Å²) in [6.07, 6.45) is 9.71. The molecule has 0 saturated heterocycles. The van der Waals surface area contributed by atoms with Crippen molar-refractivity contribution in [3.8, 4) is 5.75 Å². The van der Waals surface area contributed by atoms with Crippen molar-refractivity contribution in [2.45, 2.75) is 96.5 Å². The number of aryl methyl sites for hydroxylation is 1. The van der Waals surface area contributed by atoms with Crippen molar-refractivity contribution in [3.05, 3.63) is 29.3 Å². The van der Waals surface area contributed by atoms with Crippen molar-refractivity contribution in [3.63, 3.8) is 0 Å². The molecule has 4 rings (SSSR count). The van der Waals surface area contributed by atoms with E-state index in [1.165, 1.54) is 5.56 Å². The highest BCUT2D eigenvalue weighted by Crippen LogP contribution is 2.62. The molecule has 0 aromatic heterocycles. The van der Waals surface area contributed by atoms with E-state index in [1.807, 2.05) is 23.8 Å². The molecule has 2 saturated carbocycles. The van der Waals surface area contributed by atoms with E-state index in [-0.39, 0.29) is 23.7 Å². The molecule has 32 heavy (non-hydrogen) atoms. The van der Waals surface area contributed by atoms with Crippen LogP contribution >= 0.6 is 0 Å². The highest BCUT2D eigenvalue weighted by atomic mass is 32.2. The smallest absolute Gasteiger partial charge is 0.393 e. The summed E-state index contributed by atoms with van der Waals surface area (Å²) >= 11 is 0. The summed E-state index contributed by atoms with van der Waals surface area (Å²) in [6.45, 7) is 4.26. The number of fused-ring (bicyclic) bond motifs is 5. The van der Waals surface area contributed by atoms with Gasteiger partial charge in [-0.25, -0.2) is 4.72 Å². The summed E-state index contributed by atoms with van der Waals surface area (Å²) in [7, 11) is -4.18. The van der Waals surface area contributed by atoms with Crippen molar-refractivity contribution in [2.75, 3.05) is 0 Å². The van der Waals surface area contributed by atoms with Crippen LogP contribution in [0.5, 0.6) is 5.75 Å². The van der Waals surface area contributed by atoms with Crippen LogP contribution < -0.4 is 8.91 Å². The maximum atomic E-state index is 12.3. The number of aliphatic hydroxyl groups excluding tert-OH is 1. The molecular formula is C25H37NO5S. The van der Waals surface area contributed by atoms with Gasteiger partial charge in [0.1, 0.15) is 5.75 Å². The average molecular weight is 464 g/mol. The monoisotopic (exact) mass is 463 g/mol. The number of hydrogen-bond acceptors (Lipinski definition) is 5. The lowest BCUT2D eigenvalue weighted by atomic mass is 9.54. The molecule has 0 aliphatic heterocycles. The summed E-state index contributed by atoms with van der Waals surface area (Å²) in [5, 5.41) is 10.7. The number of amides is 1. The Hall–Kier alpha value is -1.60. The molecule has 7 heteroatoms. The molecule has 0 spiro atoms. The number of unbranched alkanes of at least 4 members (excludes halogenated alkanes) is 2. The van der Waals surface area contributed by atoms with Gasteiger partial charge in [0.2, 0.25) is 5.91 Å². The van der Waals surface area contributed by atoms with E-state index in [0.29, 0.717) is 24.2 Å². The Labute approximate surface area is 192 Å². The van der Waals surface area contributed by atoms with Crippen LogP contribution in [-0.4, -0.2) is 25.5 Å². The molecule has 6 nitrogen and oxygen atoms in total. The van der Waals surface area contributed by atoms with Crippen molar-refractivity contribution in [1.29, 1.82) is 0 Å². The van der Waals surface area contributed by atoms with E-state index < -0.39 is 16.2 Å². The zero-order chi connectivity index (χ0) is 22.9. The SMILES string of the molecule is CCCCCC(=O)NS(=O)(=O)Oc1ccc2c(c1)CCC1C2CCC2(CC)C(O)CCC12. The fourth-order valence-corrected chi connectivity index (χ4v) is 7.72. The van der Waals surface area contributed by atoms with E-state index in [9.17, 15) is 18.3 Å². The van der Waals surface area contributed by atoms with Crippen LogP contribution in [0.3, 0.4) is 0 Å². The Kier molecular flexibility index (Phi) is 6.87. The van der Waals surface area contributed by atoms with Crippen LogP contribution in [0.25, 0.3) is 0 Å². The number of carbonyl (C=O) groups is 1. The fourth-order valence-electron chi connectivity index (χ4n) is 6.94. The molecule has 3 aliphatic carbocycles. The predicted molar refractivity (Wildman–Crippen MR) is 124 cm³/mol. The molecular weight excluding hydrogens is 426 g/mol. The van der Waals surface area contributed by atoms with Gasteiger partial charge < -0.3 is 9.29 Å². The van der Waals surface area contributed by atoms with Gasteiger partial charge in [-0.1, -0.05) is 32.8 Å². The Morgan fingerprint density at radius 3 is 2.75 bits per heavy atom. The number of aliphatic hydroxyl groups is 1. The number of hydrogen-bond donors (Lipinski definition) is 2. The maximum Gasteiger partial charge on any atom is 0.409 e. The minimum absolute atomic E-state index is 0.0884. The second-order valence-electron chi connectivity index (χ2n) is 10.0. The van der Waals surface area contributed by atoms with E-state index in [4.69, 9.17) is 4.18 Å². The third-order valence-electron chi connectivity index (χ3n) is 8.48. The van der Waals surface area contributed by atoms with Gasteiger partial charge in [0.05, 0.1) is 6.10 Å². The van der Waals surface area contributed by atoms with E-state index >= 15 is 0 Å². The number of carbonyl (C=O) groups excluding carboxylic acids is 1. The van der Waals surface area contributed by atoms with Gasteiger partial charge in [0, 0.05) is 6.42 Å². The summed E-state index contributed by atoms with van der Waals surface area (Å²) < 4.78 is 31.8. The lowest BCUT2D eigenvalue weighted by molar-refractivity contribution is -0.119. The molecule has 1 aromatic carbocycles. The minimum Gasteiger partial charge on any atom is -0.393 e. The average Bonchev–Trinajstić information content (AvgIpc) is 3.09. The topological polar surface area (TPSA) is 92.7 Å². The molecule has 5 atom stereocenters. The van der Waals surface area contributed by atoms with Gasteiger partial charge >= 0.3 is 10.3 Å². The first-order valence-corrected chi connectivity index (χ1v) is 13.8. The first kappa shape index (κ1) is 23.6. The molecule has 0 radical (unpaired) electrons. The first-order chi connectivity index (χ1) is 15.3. The quantitative estimate of drug-likeness (QED) is 0.549. The van der Waals surface area contributed by atoms with Gasteiger partial charge in [-0.2, -0.15) is 8.42 Å². The molecule has 5 unspecified atom stereocenters. The molecule has 2 fully saturated rings. The molecule has 178 valence electrons. The molecule has 1 amide bonds. The summed E-state index contributed by atoms with van der Waals surface area (Å²) in [5.74, 6) is 1.36. The Morgan fingerprint density at radius 2 is 2.00 bits per heavy atom. The molecule has 0 heterocycles.